The summed E-state index contributed by atoms with van der Waals surface area (Å²) < 4.78 is 9.86. The molecule has 0 unspecified atom stereocenters. The molecule has 1 heterocycles. The van der Waals surface area contributed by atoms with Gasteiger partial charge in [0.1, 0.15) is 16.8 Å². The van der Waals surface area contributed by atoms with Gasteiger partial charge in [-0.05, 0) is 64.8 Å². The number of carboxylic acid groups (broad SMARTS) is 1. The van der Waals surface area contributed by atoms with E-state index >= 15 is 0 Å². The molecular weight excluding hydrogens is 431 g/mol. The van der Waals surface area contributed by atoms with Gasteiger partial charge in [-0.1, -0.05) is 35.9 Å². The largest absolute Gasteiger partial charge is 1.00 e. The molecule has 0 atom stereocenters. The van der Waals surface area contributed by atoms with Gasteiger partial charge < -0.3 is 14.6 Å². The third kappa shape index (κ3) is 5.39. The van der Waals surface area contributed by atoms with Gasteiger partial charge in [-0.3, -0.25) is 4.79 Å². The normalized spacial score (nSPS) is 11.5. The van der Waals surface area contributed by atoms with Crippen LogP contribution in [0.2, 0.25) is 0 Å². The zero-order chi connectivity index (χ0) is 22.7. The molecular formula is C25H19N2NaO5. The summed E-state index contributed by atoms with van der Waals surface area (Å²) in [6, 6.07) is 18.8. The maximum atomic E-state index is 13.5. The summed E-state index contributed by atoms with van der Waals surface area (Å²) in [6.45, 7) is 1.96. The minimum Gasteiger partial charge on any atom is -0.545 e. The first-order valence-corrected chi connectivity index (χ1v) is 9.87. The van der Waals surface area contributed by atoms with Crippen molar-refractivity contribution in [1.29, 1.82) is 0 Å². The second kappa shape index (κ2) is 10.6. The Morgan fingerprint density at radius 1 is 0.909 bits per heavy atom. The minimum atomic E-state index is -1.45. The summed E-state index contributed by atoms with van der Waals surface area (Å²) in [5.41, 5.74) is 3.26. The number of allylic oxidation sites excluding steroid dienone is 1. The molecule has 1 aromatic heterocycles. The Labute approximate surface area is 212 Å². The van der Waals surface area contributed by atoms with Crippen LogP contribution >= 0.6 is 0 Å². The van der Waals surface area contributed by atoms with Crippen molar-refractivity contribution in [2.75, 3.05) is 7.11 Å². The molecule has 0 aliphatic carbocycles. The number of benzene rings is 3. The average molecular weight is 450 g/mol. The summed E-state index contributed by atoms with van der Waals surface area (Å²) in [5.74, 6) is -1.27. The molecule has 0 saturated heterocycles. The second-order valence-corrected chi connectivity index (χ2v) is 7.33. The van der Waals surface area contributed by atoms with Gasteiger partial charge in [0.05, 0.1) is 13.1 Å². The van der Waals surface area contributed by atoms with Gasteiger partial charge in [0, 0.05) is 23.1 Å². The molecule has 4 rings (SSSR count). The number of aliphatic carboxylic acids is 1. The molecule has 3 aromatic carbocycles. The summed E-state index contributed by atoms with van der Waals surface area (Å²) >= 11 is 0. The van der Waals surface area contributed by atoms with Crippen LogP contribution in [0.1, 0.15) is 27.0 Å². The Hall–Kier alpha value is -3.26. The van der Waals surface area contributed by atoms with E-state index in [1.165, 1.54) is 13.2 Å². The van der Waals surface area contributed by atoms with E-state index in [0.29, 0.717) is 22.3 Å². The van der Waals surface area contributed by atoms with Crippen molar-refractivity contribution < 1.29 is 53.6 Å². The van der Waals surface area contributed by atoms with E-state index in [-0.39, 0.29) is 52.7 Å². The molecule has 0 fully saturated rings. The van der Waals surface area contributed by atoms with Crippen molar-refractivity contribution in [3.63, 3.8) is 0 Å². The maximum Gasteiger partial charge on any atom is 1.00 e. The Kier molecular flexibility index (Phi) is 7.81. The van der Waals surface area contributed by atoms with Crippen molar-refractivity contribution in [3.05, 3.63) is 94.6 Å². The second-order valence-electron chi connectivity index (χ2n) is 7.33. The molecule has 160 valence electrons. The smallest absolute Gasteiger partial charge is 0.545 e. The number of carbonyl (C=O) groups is 2. The molecule has 0 amide bonds. The van der Waals surface area contributed by atoms with Gasteiger partial charge in [-0.25, -0.2) is 4.63 Å². The molecule has 0 N–H and O–H groups in total. The van der Waals surface area contributed by atoms with Crippen LogP contribution < -0.4 is 39.4 Å². The quantitative estimate of drug-likeness (QED) is 0.225. The van der Waals surface area contributed by atoms with E-state index in [9.17, 15) is 14.7 Å². The number of carboxylic acids is 1. The predicted molar refractivity (Wildman–Crippen MR) is 116 cm³/mol. The van der Waals surface area contributed by atoms with Gasteiger partial charge in [0.2, 0.25) is 0 Å². The zero-order valence-electron chi connectivity index (χ0n) is 18.5. The van der Waals surface area contributed by atoms with Crippen LogP contribution in [0.4, 0.5) is 0 Å². The minimum absolute atomic E-state index is 0. The summed E-state index contributed by atoms with van der Waals surface area (Å²) in [5, 5.41) is 19.8. The number of hydrogen-bond donors (Lipinski definition) is 0. The number of carbonyl (C=O) groups excluding carboxylic acids is 2. The zero-order valence-corrected chi connectivity index (χ0v) is 20.5. The summed E-state index contributed by atoms with van der Waals surface area (Å²) in [4.78, 5) is 25.8. The standard InChI is InChI=1S/C25H20N2O5.Na/c1-15-3-5-16(6-4-15)13-20(24(28)17-7-10-19(31-2)11-8-17)23(25(29)30)18-9-12-21-22(14-18)27-32-26-21;/h3-12,14H,13H2,1-2H3,(H,29,30);/q;+1/p-1. The number of aryl methyl sites for hydroxylation is 1. The molecule has 0 radical (unpaired) electrons. The Morgan fingerprint density at radius 2 is 1.55 bits per heavy atom. The maximum absolute atomic E-state index is 13.5. The van der Waals surface area contributed by atoms with Crippen LogP contribution in [0.15, 0.2) is 76.9 Å². The van der Waals surface area contributed by atoms with E-state index in [2.05, 4.69) is 10.3 Å². The van der Waals surface area contributed by atoms with Crippen molar-refractivity contribution in [1.82, 2.24) is 10.3 Å². The molecule has 0 aliphatic rings. The number of aromatic nitrogens is 2. The van der Waals surface area contributed by atoms with Gasteiger partial charge in [-0.2, -0.15) is 0 Å². The van der Waals surface area contributed by atoms with Crippen LogP contribution in [0.25, 0.3) is 16.6 Å². The fourth-order valence-corrected chi connectivity index (χ4v) is 3.46. The Morgan fingerprint density at radius 3 is 2.18 bits per heavy atom. The van der Waals surface area contributed by atoms with E-state index < -0.39 is 11.8 Å². The van der Waals surface area contributed by atoms with Crippen molar-refractivity contribution in [3.8, 4) is 5.75 Å². The Bertz CT molecular complexity index is 1330. The number of ether oxygens (including phenoxy) is 1. The number of nitrogens with zero attached hydrogens (tertiary/aromatic N) is 2. The third-order valence-corrected chi connectivity index (χ3v) is 5.18. The van der Waals surface area contributed by atoms with Gasteiger partial charge in [-0.15, -0.1) is 0 Å². The van der Waals surface area contributed by atoms with E-state index in [0.717, 1.165) is 11.1 Å². The molecule has 0 aliphatic heterocycles. The number of ketones is 1. The van der Waals surface area contributed by atoms with E-state index in [1.807, 2.05) is 31.2 Å². The number of rotatable bonds is 7. The monoisotopic (exact) mass is 450 g/mol. The molecule has 4 aromatic rings. The van der Waals surface area contributed by atoms with E-state index in [4.69, 9.17) is 9.37 Å². The molecule has 0 bridgehead atoms. The van der Waals surface area contributed by atoms with E-state index in [1.54, 1.807) is 36.4 Å². The average Bonchev–Trinajstić information content (AvgIpc) is 3.27. The molecule has 0 saturated carbocycles. The molecule has 0 spiro atoms. The van der Waals surface area contributed by atoms with Gasteiger partial charge >= 0.3 is 29.6 Å². The SMILES string of the molecule is COc1ccc(C(=O)C(Cc2ccc(C)cc2)=C(C(=O)[O-])c2ccc3nonc3c2)cc1.[Na+]. The summed E-state index contributed by atoms with van der Waals surface area (Å²) in [7, 11) is 1.53. The van der Waals surface area contributed by atoms with Crippen molar-refractivity contribution in [2.45, 2.75) is 13.3 Å². The van der Waals surface area contributed by atoms with Crippen LogP contribution in [-0.4, -0.2) is 29.2 Å². The van der Waals surface area contributed by atoms with Crippen LogP contribution in [0.5, 0.6) is 5.75 Å². The first-order chi connectivity index (χ1) is 15.5. The van der Waals surface area contributed by atoms with Gasteiger partial charge in [0.15, 0.2) is 5.78 Å². The number of fused-ring (bicyclic) bond motifs is 1. The van der Waals surface area contributed by atoms with Gasteiger partial charge in [0.25, 0.3) is 0 Å². The van der Waals surface area contributed by atoms with Crippen LogP contribution in [0, 0.1) is 6.92 Å². The fourth-order valence-electron chi connectivity index (χ4n) is 3.46. The fraction of sp³-hybridized carbons (Fsp3) is 0.120. The van der Waals surface area contributed by atoms with Crippen LogP contribution in [0.3, 0.4) is 0 Å². The molecule has 8 heteroatoms. The topological polar surface area (TPSA) is 105 Å². The van der Waals surface area contributed by atoms with Crippen LogP contribution in [-0.2, 0) is 11.2 Å². The number of hydrogen-bond acceptors (Lipinski definition) is 7. The third-order valence-electron chi connectivity index (χ3n) is 5.18. The first kappa shape index (κ1) is 24.4. The Balaban J connectivity index is 0.00000306. The van der Waals surface area contributed by atoms with Crippen molar-refractivity contribution in [2.24, 2.45) is 0 Å². The van der Waals surface area contributed by atoms with Crippen molar-refractivity contribution >= 4 is 28.4 Å². The first-order valence-electron chi connectivity index (χ1n) is 9.87. The number of Topliss-reactive ketones (excluding diaryl/α,β-unsaturated/α-hetero) is 1. The molecule has 33 heavy (non-hydrogen) atoms. The molecule has 7 nitrogen and oxygen atoms in total. The predicted octanol–water partition coefficient (Wildman–Crippen LogP) is 0.173. The summed E-state index contributed by atoms with van der Waals surface area (Å²) in [6.07, 6.45) is 0.115. The number of methoxy groups -OCH3 is 1.